The van der Waals surface area contributed by atoms with Crippen molar-refractivity contribution in [3.8, 4) is 0 Å². The Morgan fingerprint density at radius 1 is 0.898 bits per heavy atom. The molecule has 4 saturated heterocycles. The number of amides is 2. The fourth-order valence-electron chi connectivity index (χ4n) is 13.3. The van der Waals surface area contributed by atoms with Gasteiger partial charge in [0.25, 0.3) is 0 Å². The van der Waals surface area contributed by atoms with Crippen LogP contribution in [0.4, 0.5) is 0 Å². The first-order chi connectivity index (χ1) is 23.5. The number of ketones is 1. The predicted molar refractivity (Wildman–Crippen MR) is 189 cm³/mol. The van der Waals surface area contributed by atoms with Gasteiger partial charge in [-0.05, 0) is 112 Å². The smallest absolute Gasteiger partial charge is 0.232 e. The predicted octanol–water partition coefficient (Wildman–Crippen LogP) is 4.30. The lowest BCUT2D eigenvalue weighted by Crippen LogP contribution is -2.60. The second-order valence-electron chi connectivity index (χ2n) is 18.7. The van der Waals surface area contributed by atoms with Crippen LogP contribution in [0.25, 0.3) is 0 Å². The fraction of sp³-hybridized carbons (Fsp3) is 0.925. The van der Waals surface area contributed by atoms with E-state index in [2.05, 4.69) is 48.1 Å². The van der Waals surface area contributed by atoms with Gasteiger partial charge >= 0.3 is 0 Å². The first kappa shape index (κ1) is 34.5. The maximum atomic E-state index is 14.5. The molecule has 4 aliphatic heterocycles. The number of fused-ring (bicyclic) bond motifs is 7. The van der Waals surface area contributed by atoms with Crippen LogP contribution in [-0.2, 0) is 19.1 Å². The van der Waals surface area contributed by atoms with Crippen LogP contribution in [0.3, 0.4) is 0 Å². The second kappa shape index (κ2) is 13.1. The van der Waals surface area contributed by atoms with Crippen molar-refractivity contribution >= 4 is 17.6 Å². The minimum atomic E-state index is -0.277. The number of likely N-dealkylation sites (tertiary alicyclic amines) is 1. The molecule has 0 bridgehead atoms. The number of piperidine rings is 1. The summed E-state index contributed by atoms with van der Waals surface area (Å²) in [5.74, 6) is 3.68. The van der Waals surface area contributed by atoms with E-state index in [0.717, 1.165) is 84.3 Å². The van der Waals surface area contributed by atoms with Gasteiger partial charge in [-0.1, -0.05) is 27.7 Å². The largest absolute Gasteiger partial charge is 0.357 e. The van der Waals surface area contributed by atoms with Gasteiger partial charge in [0.05, 0.1) is 6.10 Å². The van der Waals surface area contributed by atoms with Crippen LogP contribution >= 0.6 is 0 Å². The summed E-state index contributed by atoms with van der Waals surface area (Å²) in [4.78, 5) is 47.6. The molecule has 0 aromatic carbocycles. The lowest BCUT2D eigenvalue weighted by atomic mass is 9.44. The van der Waals surface area contributed by atoms with Crippen LogP contribution in [0.1, 0.15) is 105 Å². The molecule has 8 fully saturated rings. The molecule has 0 aromatic rings. The zero-order valence-electron chi connectivity index (χ0n) is 31.0. The topological polar surface area (TPSA) is 94.2 Å². The van der Waals surface area contributed by atoms with E-state index < -0.39 is 0 Å². The lowest BCUT2D eigenvalue weighted by Gasteiger charge is -2.60. The molecule has 0 radical (unpaired) electrons. The molecule has 4 saturated carbocycles. The van der Waals surface area contributed by atoms with E-state index in [4.69, 9.17) is 4.74 Å². The average Bonchev–Trinajstić information content (AvgIpc) is 3.78. The molecule has 4 aliphatic carbocycles. The summed E-state index contributed by atoms with van der Waals surface area (Å²) in [6, 6.07) is 0.129. The molecule has 9 heteroatoms. The Labute approximate surface area is 295 Å². The molecular formula is C40H65N5O4. The summed E-state index contributed by atoms with van der Waals surface area (Å²) in [5.41, 5.74) is -0.385. The van der Waals surface area contributed by atoms with Crippen LogP contribution < -0.4 is 10.6 Å². The number of hydrogen-bond donors (Lipinski definition) is 2. The molecule has 9 nitrogen and oxygen atoms in total. The minimum Gasteiger partial charge on any atom is -0.357 e. The van der Waals surface area contributed by atoms with E-state index in [0.29, 0.717) is 47.2 Å². The minimum absolute atomic E-state index is 0.0269. The van der Waals surface area contributed by atoms with Crippen molar-refractivity contribution in [1.29, 1.82) is 0 Å². The van der Waals surface area contributed by atoms with Gasteiger partial charge in [0.2, 0.25) is 11.8 Å². The van der Waals surface area contributed by atoms with Crippen LogP contribution in [0.2, 0.25) is 0 Å². The number of rotatable bonds is 6. The Kier molecular flexibility index (Phi) is 9.26. The number of Topliss-reactive ketones (excluding diaryl/α,β-unsaturated/α-hetero) is 1. The Bertz CT molecular complexity index is 1270. The Morgan fingerprint density at radius 3 is 2.35 bits per heavy atom. The first-order valence-electron chi connectivity index (χ1n) is 20.5. The number of hydrogen-bond acceptors (Lipinski definition) is 7. The normalized spacial score (nSPS) is 47.1. The highest BCUT2D eigenvalue weighted by Crippen LogP contribution is 2.70. The quantitative estimate of drug-likeness (QED) is 0.405. The first-order valence-corrected chi connectivity index (χ1v) is 20.5. The fourth-order valence-corrected chi connectivity index (χ4v) is 13.3. The molecule has 274 valence electrons. The van der Waals surface area contributed by atoms with Crippen molar-refractivity contribution in [2.24, 2.45) is 52.3 Å². The third-order valence-electron chi connectivity index (χ3n) is 16.3. The molecular weight excluding hydrogens is 614 g/mol. The molecule has 0 aromatic heterocycles. The molecule has 1 spiro atoms. The van der Waals surface area contributed by atoms with E-state index in [1.807, 2.05) is 4.90 Å². The summed E-state index contributed by atoms with van der Waals surface area (Å²) in [7, 11) is 0. The number of ether oxygens (including phenoxy) is 1. The highest BCUT2D eigenvalue weighted by molar-refractivity contribution is 5.97. The monoisotopic (exact) mass is 680 g/mol. The molecule has 2 N–H and O–H groups in total. The molecule has 12 atom stereocenters. The van der Waals surface area contributed by atoms with Gasteiger partial charge in [-0.15, -0.1) is 0 Å². The lowest BCUT2D eigenvalue weighted by molar-refractivity contribution is -0.160. The molecule has 1 unspecified atom stereocenters. The van der Waals surface area contributed by atoms with Gasteiger partial charge in [0.1, 0.15) is 17.9 Å². The summed E-state index contributed by atoms with van der Waals surface area (Å²) in [6.07, 6.45) is 12.2. The molecule has 49 heavy (non-hydrogen) atoms. The molecule has 8 aliphatic rings. The Balaban J connectivity index is 0.838. The van der Waals surface area contributed by atoms with Gasteiger partial charge in [-0.2, -0.15) is 0 Å². The zero-order chi connectivity index (χ0) is 34.1. The van der Waals surface area contributed by atoms with Crippen molar-refractivity contribution in [3.05, 3.63) is 0 Å². The maximum absolute atomic E-state index is 14.5. The van der Waals surface area contributed by atoms with Crippen molar-refractivity contribution in [2.75, 3.05) is 58.9 Å². The summed E-state index contributed by atoms with van der Waals surface area (Å²) >= 11 is 0. The number of nitrogens with zero attached hydrogens (tertiary/aromatic N) is 3. The van der Waals surface area contributed by atoms with Gasteiger partial charge in [0, 0.05) is 75.5 Å². The van der Waals surface area contributed by atoms with E-state index in [1.54, 1.807) is 0 Å². The number of piperazine rings is 1. The maximum Gasteiger partial charge on any atom is 0.232 e. The van der Waals surface area contributed by atoms with Crippen molar-refractivity contribution in [3.63, 3.8) is 0 Å². The summed E-state index contributed by atoms with van der Waals surface area (Å²) < 4.78 is 7.01. The van der Waals surface area contributed by atoms with Crippen molar-refractivity contribution in [2.45, 2.75) is 123 Å². The average molecular weight is 680 g/mol. The third-order valence-corrected chi connectivity index (χ3v) is 16.3. The highest BCUT2D eigenvalue weighted by atomic mass is 16.5. The SMILES string of the molecule is C[C@@H]1CC[C@@]2(NC1)O[C@H]1C[C@H]3[C@@H]4CC[C@H]5CC(NC(=O)CC(=O)N6CCN(CCN7CCCC7)CC6)CC[C@]5(C)[C@H]4CC(=O)[C@]3(C)[C@H]1[C@@H]2C. The Hall–Kier alpha value is -1.55. The summed E-state index contributed by atoms with van der Waals surface area (Å²) in [6.45, 7) is 18.4. The third kappa shape index (κ3) is 5.93. The second-order valence-corrected chi connectivity index (χ2v) is 18.7. The zero-order valence-corrected chi connectivity index (χ0v) is 31.0. The number of nitrogens with one attached hydrogen (secondary N) is 2. The van der Waals surface area contributed by atoms with Crippen LogP contribution in [-0.4, -0.2) is 109 Å². The van der Waals surface area contributed by atoms with E-state index >= 15 is 0 Å². The van der Waals surface area contributed by atoms with Gasteiger partial charge in [0.15, 0.2) is 0 Å². The number of carbonyl (C=O) groups is 3. The van der Waals surface area contributed by atoms with Crippen LogP contribution in [0, 0.1) is 52.3 Å². The van der Waals surface area contributed by atoms with E-state index in [1.165, 1.54) is 45.2 Å². The van der Waals surface area contributed by atoms with Crippen LogP contribution in [0.5, 0.6) is 0 Å². The molecule has 2 amide bonds. The van der Waals surface area contributed by atoms with Gasteiger partial charge < -0.3 is 19.9 Å². The van der Waals surface area contributed by atoms with Gasteiger partial charge in [-0.25, -0.2) is 0 Å². The summed E-state index contributed by atoms with van der Waals surface area (Å²) in [5, 5.41) is 7.11. The van der Waals surface area contributed by atoms with Gasteiger partial charge in [-0.3, -0.25) is 24.6 Å². The van der Waals surface area contributed by atoms with E-state index in [9.17, 15) is 14.4 Å². The molecule has 4 heterocycles. The molecule has 8 rings (SSSR count). The highest BCUT2D eigenvalue weighted by Gasteiger charge is 2.71. The Morgan fingerprint density at radius 2 is 1.63 bits per heavy atom. The van der Waals surface area contributed by atoms with Crippen LogP contribution in [0.15, 0.2) is 0 Å². The standard InChI is InChI=1S/C40H65N5O4/c1-26-9-12-40(41-25-26)27(2)37-33(49-40)22-32-30-8-7-28-21-29(10-11-38(28,3)31(30)23-34(46)39(32,37)4)42-35(47)24-36(48)45-19-17-44(18-20-45)16-15-43-13-5-6-14-43/h26-33,37,41H,5-25H2,1-4H3,(H,42,47)/t26-,27+,28+,29?,30-,31+,32+,33+,37+,38+,39-,40-/m1/s1. The van der Waals surface area contributed by atoms with E-state index in [-0.39, 0.29) is 46.9 Å². The van der Waals surface area contributed by atoms with Crippen molar-refractivity contribution < 1.29 is 19.1 Å². The number of carbonyl (C=O) groups excluding carboxylic acids is 3. The van der Waals surface area contributed by atoms with Crippen molar-refractivity contribution in [1.82, 2.24) is 25.3 Å².